The molecule has 0 bridgehead atoms. The molecule has 0 unspecified atom stereocenters. The molecule has 0 atom stereocenters. The molecule has 6 nitrogen and oxygen atoms in total. The summed E-state index contributed by atoms with van der Waals surface area (Å²) in [5.74, 6) is 0.102. The van der Waals surface area contributed by atoms with Crippen LogP contribution in [0.5, 0.6) is 5.75 Å². The second-order valence-corrected chi connectivity index (χ2v) is 9.75. The van der Waals surface area contributed by atoms with Gasteiger partial charge >= 0.3 is 10.4 Å². The molecular formula is C25H43NO5S. The van der Waals surface area contributed by atoms with Crippen molar-refractivity contribution in [1.82, 2.24) is 0 Å². The van der Waals surface area contributed by atoms with Gasteiger partial charge in [-0.15, -0.1) is 0 Å². The zero-order chi connectivity index (χ0) is 23.5. The summed E-state index contributed by atoms with van der Waals surface area (Å²) >= 11 is 0. The van der Waals surface area contributed by atoms with Crippen molar-refractivity contribution >= 4 is 22.0 Å². The highest BCUT2D eigenvalue weighted by Gasteiger charge is 2.11. The van der Waals surface area contributed by atoms with Gasteiger partial charge in [0.05, 0.1) is 7.11 Å². The molecule has 1 rings (SSSR count). The number of anilines is 1. The van der Waals surface area contributed by atoms with Crippen molar-refractivity contribution in [3.05, 3.63) is 24.3 Å². The molecule has 1 aromatic carbocycles. The van der Waals surface area contributed by atoms with Crippen LogP contribution < -0.4 is 9.50 Å². The third kappa shape index (κ3) is 15.2. The molecule has 0 aliphatic rings. The van der Waals surface area contributed by atoms with Crippen molar-refractivity contribution in [2.24, 2.45) is 0 Å². The average molecular weight is 470 g/mol. The van der Waals surface area contributed by atoms with Crippen LogP contribution >= 0.6 is 0 Å². The Kier molecular flexibility index (Phi) is 15.9. The Labute approximate surface area is 195 Å². The first-order chi connectivity index (χ1) is 15.5. The van der Waals surface area contributed by atoms with E-state index in [4.69, 9.17) is 4.18 Å². The van der Waals surface area contributed by atoms with Crippen LogP contribution in [-0.4, -0.2) is 21.4 Å². The fourth-order valence-corrected chi connectivity index (χ4v) is 4.04. The molecule has 0 saturated carbocycles. The largest absolute Gasteiger partial charge is 0.448 e. The number of benzene rings is 1. The smallest absolute Gasteiger partial charge is 0.362 e. The van der Waals surface area contributed by atoms with E-state index in [0.717, 1.165) is 20.0 Å². The van der Waals surface area contributed by atoms with Crippen molar-refractivity contribution in [3.63, 3.8) is 0 Å². The Morgan fingerprint density at radius 1 is 0.750 bits per heavy atom. The van der Waals surface area contributed by atoms with Crippen LogP contribution in [0.15, 0.2) is 24.3 Å². The number of rotatable bonds is 20. The van der Waals surface area contributed by atoms with Gasteiger partial charge in [-0.3, -0.25) is 4.79 Å². The molecular weight excluding hydrogens is 426 g/mol. The van der Waals surface area contributed by atoms with Gasteiger partial charge < -0.3 is 9.50 Å². The van der Waals surface area contributed by atoms with Crippen LogP contribution in [0.2, 0.25) is 0 Å². The minimum Gasteiger partial charge on any atom is -0.362 e. The van der Waals surface area contributed by atoms with Gasteiger partial charge in [0.15, 0.2) is 0 Å². The van der Waals surface area contributed by atoms with E-state index in [9.17, 15) is 13.2 Å². The summed E-state index contributed by atoms with van der Waals surface area (Å²) in [6.07, 6.45) is 20.0. The predicted molar refractivity (Wildman–Crippen MR) is 131 cm³/mol. The topological polar surface area (TPSA) is 81.7 Å². The highest BCUT2D eigenvalue weighted by molar-refractivity contribution is 7.82. The minimum absolute atomic E-state index is 0.0297. The van der Waals surface area contributed by atoms with Gasteiger partial charge in [0, 0.05) is 12.1 Å². The van der Waals surface area contributed by atoms with Crippen LogP contribution in [-0.2, 0) is 19.4 Å². The van der Waals surface area contributed by atoms with E-state index >= 15 is 0 Å². The number of carbonyl (C=O) groups is 1. The molecule has 0 aliphatic carbocycles. The number of amides is 1. The quantitative estimate of drug-likeness (QED) is 0.205. The van der Waals surface area contributed by atoms with Crippen LogP contribution in [0.1, 0.15) is 110 Å². The third-order valence-corrected chi connectivity index (χ3v) is 6.35. The third-order valence-electron chi connectivity index (χ3n) is 5.55. The first-order valence-electron chi connectivity index (χ1n) is 12.4. The van der Waals surface area contributed by atoms with Gasteiger partial charge in [0.25, 0.3) is 0 Å². The van der Waals surface area contributed by atoms with E-state index in [1.807, 2.05) is 0 Å². The Hall–Kier alpha value is -1.60. The van der Waals surface area contributed by atoms with Gasteiger partial charge in [0.1, 0.15) is 5.75 Å². The zero-order valence-electron chi connectivity index (χ0n) is 20.1. The molecule has 0 saturated heterocycles. The average Bonchev–Trinajstić information content (AvgIpc) is 2.77. The van der Waals surface area contributed by atoms with Crippen molar-refractivity contribution in [2.75, 3.05) is 12.4 Å². The molecule has 184 valence electrons. The number of hydrogen-bond acceptors (Lipinski definition) is 5. The molecule has 32 heavy (non-hydrogen) atoms. The van der Waals surface area contributed by atoms with E-state index in [2.05, 4.69) is 16.4 Å². The monoisotopic (exact) mass is 469 g/mol. The van der Waals surface area contributed by atoms with Gasteiger partial charge in [-0.2, -0.15) is 8.42 Å². The minimum atomic E-state index is -4.03. The molecule has 1 N–H and O–H groups in total. The molecule has 0 heterocycles. The number of unbranched alkanes of at least 4 members (excludes halogenated alkanes) is 14. The fraction of sp³-hybridized carbons (Fsp3) is 0.720. The summed E-state index contributed by atoms with van der Waals surface area (Å²) in [6, 6.07) is 6.15. The van der Waals surface area contributed by atoms with E-state index in [0.29, 0.717) is 12.1 Å². The molecule has 1 aromatic rings. The Morgan fingerprint density at radius 2 is 1.19 bits per heavy atom. The summed E-state index contributed by atoms with van der Waals surface area (Å²) in [6.45, 7) is 2.26. The molecule has 7 heteroatoms. The van der Waals surface area contributed by atoms with Crippen LogP contribution in [0, 0.1) is 0 Å². The first kappa shape index (κ1) is 28.4. The lowest BCUT2D eigenvalue weighted by Gasteiger charge is -2.07. The fourth-order valence-electron chi connectivity index (χ4n) is 3.63. The lowest BCUT2D eigenvalue weighted by Crippen LogP contribution is -2.12. The second-order valence-electron chi connectivity index (χ2n) is 8.43. The lowest BCUT2D eigenvalue weighted by molar-refractivity contribution is -0.116. The van der Waals surface area contributed by atoms with Crippen molar-refractivity contribution in [3.8, 4) is 5.75 Å². The van der Waals surface area contributed by atoms with Crippen molar-refractivity contribution in [1.29, 1.82) is 0 Å². The molecule has 0 spiro atoms. The molecule has 0 aliphatic heterocycles. The number of hydrogen-bond donors (Lipinski definition) is 1. The Bertz CT molecular complexity index is 704. The maximum Gasteiger partial charge on any atom is 0.448 e. The molecule has 0 radical (unpaired) electrons. The van der Waals surface area contributed by atoms with E-state index < -0.39 is 10.4 Å². The van der Waals surface area contributed by atoms with E-state index in [1.54, 1.807) is 12.1 Å². The van der Waals surface area contributed by atoms with Crippen molar-refractivity contribution in [2.45, 2.75) is 110 Å². The van der Waals surface area contributed by atoms with Crippen LogP contribution in [0.4, 0.5) is 5.69 Å². The van der Waals surface area contributed by atoms with Gasteiger partial charge in [-0.25, -0.2) is 4.18 Å². The summed E-state index contributed by atoms with van der Waals surface area (Å²) in [7, 11) is -3.00. The SMILES string of the molecule is CCCCCCCCCCCCCCCCCC(=O)Nc1ccc(OS(=O)(=O)OC)cc1. The number of carbonyl (C=O) groups excluding carboxylic acids is 1. The first-order valence-corrected chi connectivity index (χ1v) is 13.7. The molecule has 1 amide bonds. The van der Waals surface area contributed by atoms with E-state index in [-0.39, 0.29) is 11.7 Å². The molecule has 0 aromatic heterocycles. The normalized spacial score (nSPS) is 11.4. The van der Waals surface area contributed by atoms with Crippen molar-refractivity contribution < 1.29 is 21.6 Å². The van der Waals surface area contributed by atoms with Gasteiger partial charge in [-0.1, -0.05) is 96.8 Å². The summed E-state index contributed by atoms with van der Waals surface area (Å²) in [5.41, 5.74) is 0.609. The zero-order valence-corrected chi connectivity index (χ0v) is 20.9. The molecule has 0 fully saturated rings. The Balaban J connectivity index is 1.96. The highest BCUT2D eigenvalue weighted by Crippen LogP contribution is 2.18. The maximum atomic E-state index is 12.0. The standard InChI is InChI=1S/C25H43NO5S/c1-3-4-5-6-7-8-9-10-11-12-13-14-15-16-17-18-25(27)26-23-19-21-24(22-20-23)31-32(28,29)30-2/h19-22H,3-18H2,1-2H3,(H,26,27). The maximum absolute atomic E-state index is 12.0. The Morgan fingerprint density at radius 3 is 1.62 bits per heavy atom. The number of nitrogens with one attached hydrogen (secondary N) is 1. The van der Waals surface area contributed by atoms with Gasteiger partial charge in [-0.05, 0) is 30.7 Å². The summed E-state index contributed by atoms with van der Waals surface area (Å²) in [4.78, 5) is 12.0. The summed E-state index contributed by atoms with van der Waals surface area (Å²) in [5, 5.41) is 2.82. The lowest BCUT2D eigenvalue weighted by atomic mass is 10.0. The summed E-state index contributed by atoms with van der Waals surface area (Å²) < 4.78 is 31.4. The van der Waals surface area contributed by atoms with Gasteiger partial charge in [0.2, 0.25) is 5.91 Å². The van der Waals surface area contributed by atoms with Crippen LogP contribution in [0.25, 0.3) is 0 Å². The highest BCUT2D eigenvalue weighted by atomic mass is 32.3. The predicted octanol–water partition coefficient (Wildman–Crippen LogP) is 7.16. The second kappa shape index (κ2) is 17.9. The van der Waals surface area contributed by atoms with E-state index in [1.165, 1.54) is 95.6 Å². The van der Waals surface area contributed by atoms with Crippen LogP contribution in [0.3, 0.4) is 0 Å².